The molecule has 3 aromatic carbocycles. The molecule has 0 bridgehead atoms. The Morgan fingerprint density at radius 3 is 1.93 bits per heavy atom. The summed E-state index contributed by atoms with van der Waals surface area (Å²) in [7, 11) is 0. The molecular formula is C25H23NOSe. The summed E-state index contributed by atoms with van der Waals surface area (Å²) in [5, 5.41) is 4.49. The van der Waals surface area contributed by atoms with Crippen molar-refractivity contribution in [3.63, 3.8) is 0 Å². The van der Waals surface area contributed by atoms with Crippen LogP contribution in [-0.4, -0.2) is 20.1 Å². The van der Waals surface area contributed by atoms with Gasteiger partial charge >= 0.3 is 173 Å². The van der Waals surface area contributed by atoms with Gasteiger partial charge in [-0.25, -0.2) is 0 Å². The van der Waals surface area contributed by atoms with Crippen molar-refractivity contribution in [1.29, 1.82) is 0 Å². The van der Waals surface area contributed by atoms with Gasteiger partial charge < -0.3 is 0 Å². The summed E-state index contributed by atoms with van der Waals surface area (Å²) in [4.78, 5) is 0. The summed E-state index contributed by atoms with van der Waals surface area (Å²) >= 11 is 0.102. The van der Waals surface area contributed by atoms with E-state index in [1.54, 1.807) is 0 Å². The van der Waals surface area contributed by atoms with Gasteiger partial charge in [-0.05, 0) is 0 Å². The zero-order chi connectivity index (χ0) is 19.6. The van der Waals surface area contributed by atoms with E-state index in [9.17, 15) is 0 Å². The summed E-state index contributed by atoms with van der Waals surface area (Å²) < 4.78 is 8.37. The minimum atomic E-state index is 0.102. The van der Waals surface area contributed by atoms with E-state index in [0.29, 0.717) is 0 Å². The first-order valence-corrected chi connectivity index (χ1v) is 11.1. The fraction of sp³-hybridized carbons (Fsp3) is 0.160. The molecule has 0 saturated carbocycles. The van der Waals surface area contributed by atoms with Crippen LogP contribution in [0.2, 0.25) is 0 Å². The molecule has 0 atom stereocenters. The molecule has 4 rings (SSSR count). The molecule has 1 heterocycles. The Hall–Kier alpha value is -2.61. The van der Waals surface area contributed by atoms with Crippen molar-refractivity contribution in [2.24, 2.45) is 0 Å². The second-order valence-electron chi connectivity index (χ2n) is 7.80. The summed E-state index contributed by atoms with van der Waals surface area (Å²) in [5.41, 5.74) is 4.57. The number of hydrogen-bond acceptors (Lipinski definition) is 2. The molecule has 0 saturated heterocycles. The minimum absolute atomic E-state index is 0.102. The fourth-order valence-electron chi connectivity index (χ4n) is 3.07. The van der Waals surface area contributed by atoms with Crippen LogP contribution in [0.15, 0.2) is 89.5 Å². The first kappa shape index (κ1) is 18.7. The number of rotatable bonds is 4. The van der Waals surface area contributed by atoms with Crippen molar-refractivity contribution < 1.29 is 4.52 Å². The Morgan fingerprint density at radius 1 is 0.714 bits per heavy atom. The molecule has 28 heavy (non-hydrogen) atoms. The molecule has 0 amide bonds. The Labute approximate surface area is 172 Å². The van der Waals surface area contributed by atoms with Gasteiger partial charge in [-0.1, -0.05) is 0 Å². The SMILES string of the molecule is CC(C)(C)c1ccc(-c2noc(-c3ccccc3)c2[Se]c2ccccc2)cc1. The van der Waals surface area contributed by atoms with Crippen LogP contribution in [0, 0.1) is 0 Å². The van der Waals surface area contributed by atoms with Crippen LogP contribution in [0.5, 0.6) is 0 Å². The third kappa shape index (κ3) is 3.96. The average Bonchev–Trinajstić information content (AvgIpc) is 3.12. The molecule has 0 spiro atoms. The predicted molar refractivity (Wildman–Crippen MR) is 118 cm³/mol. The van der Waals surface area contributed by atoms with E-state index < -0.39 is 0 Å². The van der Waals surface area contributed by atoms with Crippen molar-refractivity contribution in [3.8, 4) is 22.6 Å². The third-order valence-corrected chi connectivity index (χ3v) is 6.96. The normalized spacial score (nSPS) is 11.5. The number of aromatic nitrogens is 1. The van der Waals surface area contributed by atoms with E-state index in [-0.39, 0.29) is 20.4 Å². The molecule has 0 N–H and O–H groups in total. The Balaban J connectivity index is 1.80. The fourth-order valence-corrected chi connectivity index (χ4v) is 5.23. The van der Waals surface area contributed by atoms with Crippen LogP contribution in [0.3, 0.4) is 0 Å². The molecule has 0 radical (unpaired) electrons. The van der Waals surface area contributed by atoms with Gasteiger partial charge in [-0.15, -0.1) is 0 Å². The summed E-state index contributed by atoms with van der Waals surface area (Å²) in [6, 6.07) is 29.6. The van der Waals surface area contributed by atoms with Crippen molar-refractivity contribution in [2.45, 2.75) is 26.2 Å². The zero-order valence-corrected chi connectivity index (χ0v) is 18.1. The van der Waals surface area contributed by atoms with Crippen molar-refractivity contribution in [1.82, 2.24) is 5.16 Å². The van der Waals surface area contributed by atoms with Gasteiger partial charge in [0.1, 0.15) is 0 Å². The predicted octanol–water partition coefficient (Wildman–Crippen LogP) is 4.96. The van der Waals surface area contributed by atoms with Crippen LogP contribution in [-0.2, 0) is 5.41 Å². The van der Waals surface area contributed by atoms with Crippen molar-refractivity contribution in [3.05, 3.63) is 90.5 Å². The van der Waals surface area contributed by atoms with E-state index in [0.717, 1.165) is 22.6 Å². The molecule has 4 aromatic rings. The Morgan fingerprint density at radius 2 is 1.32 bits per heavy atom. The van der Waals surface area contributed by atoms with E-state index in [1.807, 2.05) is 18.2 Å². The molecule has 0 fully saturated rings. The van der Waals surface area contributed by atoms with Crippen molar-refractivity contribution in [2.75, 3.05) is 0 Å². The van der Waals surface area contributed by atoms with Gasteiger partial charge in [0.2, 0.25) is 0 Å². The Kier molecular flexibility index (Phi) is 5.21. The molecule has 2 nitrogen and oxygen atoms in total. The van der Waals surface area contributed by atoms with E-state index in [1.165, 1.54) is 14.5 Å². The van der Waals surface area contributed by atoms with Crippen LogP contribution in [0.4, 0.5) is 0 Å². The van der Waals surface area contributed by atoms with E-state index in [4.69, 9.17) is 4.52 Å². The van der Waals surface area contributed by atoms with Gasteiger partial charge in [0.15, 0.2) is 0 Å². The van der Waals surface area contributed by atoms with E-state index >= 15 is 0 Å². The quantitative estimate of drug-likeness (QED) is 0.426. The second-order valence-corrected chi connectivity index (χ2v) is 10.1. The monoisotopic (exact) mass is 433 g/mol. The molecule has 0 aliphatic rings. The number of benzene rings is 3. The van der Waals surface area contributed by atoms with Gasteiger partial charge in [-0.2, -0.15) is 0 Å². The molecule has 0 aliphatic carbocycles. The molecule has 0 aliphatic heterocycles. The Bertz CT molecular complexity index is 1050. The summed E-state index contributed by atoms with van der Waals surface area (Å²) in [5.74, 6) is 0.874. The third-order valence-electron chi connectivity index (χ3n) is 4.67. The van der Waals surface area contributed by atoms with Gasteiger partial charge in [-0.3, -0.25) is 0 Å². The van der Waals surface area contributed by atoms with Crippen LogP contribution in [0.1, 0.15) is 26.3 Å². The zero-order valence-electron chi connectivity index (χ0n) is 16.3. The molecule has 1 aromatic heterocycles. The topological polar surface area (TPSA) is 26.0 Å². The van der Waals surface area contributed by atoms with Gasteiger partial charge in [0, 0.05) is 0 Å². The molecule has 140 valence electrons. The number of nitrogens with zero attached hydrogens (tertiary/aromatic N) is 1. The van der Waals surface area contributed by atoms with Gasteiger partial charge in [0.05, 0.1) is 0 Å². The van der Waals surface area contributed by atoms with Gasteiger partial charge in [0.25, 0.3) is 0 Å². The molecular weight excluding hydrogens is 409 g/mol. The first-order chi connectivity index (χ1) is 13.5. The summed E-state index contributed by atoms with van der Waals surface area (Å²) in [6.07, 6.45) is 0. The van der Waals surface area contributed by atoms with Crippen LogP contribution < -0.4 is 8.92 Å². The van der Waals surface area contributed by atoms with Crippen LogP contribution in [0.25, 0.3) is 22.6 Å². The number of hydrogen-bond donors (Lipinski definition) is 0. The maximum atomic E-state index is 5.87. The van der Waals surface area contributed by atoms with E-state index in [2.05, 4.69) is 92.7 Å². The molecule has 3 heteroatoms. The average molecular weight is 432 g/mol. The second kappa shape index (κ2) is 7.79. The van der Waals surface area contributed by atoms with Crippen molar-refractivity contribution >= 4 is 23.9 Å². The molecule has 0 unspecified atom stereocenters. The summed E-state index contributed by atoms with van der Waals surface area (Å²) in [6.45, 7) is 6.70. The van der Waals surface area contributed by atoms with Crippen LogP contribution >= 0.6 is 0 Å². The first-order valence-electron chi connectivity index (χ1n) is 9.41. The maximum absolute atomic E-state index is 5.87. The standard InChI is InChI=1S/C25H23NOSe/c1-25(2,3)20-16-14-18(15-17-20)22-24(28-21-12-8-5-9-13-21)23(27-26-22)19-10-6-4-7-11-19/h4-17H,1-3H3.